The average molecular weight is 283 g/mol. The predicted molar refractivity (Wildman–Crippen MR) is 83.2 cm³/mol. The monoisotopic (exact) mass is 283 g/mol. The fourth-order valence-electron chi connectivity index (χ4n) is 2.86. The van der Waals surface area contributed by atoms with Crippen molar-refractivity contribution in [1.82, 2.24) is 5.32 Å². The van der Waals surface area contributed by atoms with E-state index < -0.39 is 5.60 Å². The van der Waals surface area contributed by atoms with Crippen molar-refractivity contribution >= 4 is 0 Å². The van der Waals surface area contributed by atoms with E-state index in [4.69, 9.17) is 4.74 Å². The van der Waals surface area contributed by atoms with Gasteiger partial charge in [0.2, 0.25) is 0 Å². The van der Waals surface area contributed by atoms with Crippen LogP contribution in [-0.4, -0.2) is 17.7 Å². The Bertz CT molecular complexity index is 599. The fourth-order valence-corrected chi connectivity index (χ4v) is 2.86. The standard InChI is InChI=1S/C18H21NO2/c1-14-18(20,10-11-19-14)16-8-5-9-17(12-16)21-13-15-6-3-2-4-7-15/h2-9,12,14,19-20H,10-11,13H2,1H3. The SMILES string of the molecule is CC1NCCC1(O)c1cccc(OCc2ccccc2)c1. The first kappa shape index (κ1) is 14.1. The molecule has 0 radical (unpaired) electrons. The summed E-state index contributed by atoms with van der Waals surface area (Å²) in [5.41, 5.74) is 1.26. The zero-order chi connectivity index (χ0) is 14.7. The highest BCUT2D eigenvalue weighted by atomic mass is 16.5. The number of rotatable bonds is 4. The van der Waals surface area contributed by atoms with Gasteiger partial charge in [0.15, 0.2) is 0 Å². The van der Waals surface area contributed by atoms with Crippen molar-refractivity contribution in [2.24, 2.45) is 0 Å². The van der Waals surface area contributed by atoms with Crippen LogP contribution < -0.4 is 10.1 Å². The first-order chi connectivity index (χ1) is 10.2. The quantitative estimate of drug-likeness (QED) is 0.906. The number of hydrogen-bond donors (Lipinski definition) is 2. The fraction of sp³-hybridized carbons (Fsp3) is 0.333. The van der Waals surface area contributed by atoms with Crippen molar-refractivity contribution in [3.8, 4) is 5.75 Å². The first-order valence-corrected chi connectivity index (χ1v) is 7.41. The molecule has 3 nitrogen and oxygen atoms in total. The zero-order valence-corrected chi connectivity index (χ0v) is 12.3. The number of hydrogen-bond acceptors (Lipinski definition) is 3. The Kier molecular flexibility index (Phi) is 3.95. The van der Waals surface area contributed by atoms with Gasteiger partial charge in [0.1, 0.15) is 18.0 Å². The Morgan fingerprint density at radius 1 is 1.19 bits per heavy atom. The molecule has 3 heteroatoms. The van der Waals surface area contributed by atoms with E-state index in [0.29, 0.717) is 6.61 Å². The summed E-state index contributed by atoms with van der Waals surface area (Å²) in [6.45, 7) is 3.40. The van der Waals surface area contributed by atoms with E-state index in [1.165, 1.54) is 0 Å². The van der Waals surface area contributed by atoms with Crippen LogP contribution in [0.1, 0.15) is 24.5 Å². The summed E-state index contributed by atoms with van der Waals surface area (Å²) in [5.74, 6) is 0.795. The van der Waals surface area contributed by atoms with E-state index in [9.17, 15) is 5.11 Å². The summed E-state index contributed by atoms with van der Waals surface area (Å²) in [4.78, 5) is 0. The van der Waals surface area contributed by atoms with E-state index in [1.807, 2.05) is 61.5 Å². The van der Waals surface area contributed by atoms with Gasteiger partial charge in [0, 0.05) is 6.04 Å². The maximum Gasteiger partial charge on any atom is 0.120 e. The number of benzene rings is 2. The van der Waals surface area contributed by atoms with Crippen LogP contribution in [0.4, 0.5) is 0 Å². The predicted octanol–water partition coefficient (Wildman–Crippen LogP) is 2.84. The highest BCUT2D eigenvalue weighted by molar-refractivity contribution is 5.34. The molecule has 2 aromatic carbocycles. The van der Waals surface area contributed by atoms with Crippen LogP contribution in [0.5, 0.6) is 5.75 Å². The van der Waals surface area contributed by atoms with E-state index in [2.05, 4.69) is 5.32 Å². The minimum absolute atomic E-state index is 0.0573. The van der Waals surface area contributed by atoms with Crippen molar-refractivity contribution < 1.29 is 9.84 Å². The Morgan fingerprint density at radius 3 is 2.71 bits per heavy atom. The molecule has 0 amide bonds. The second-order valence-electron chi connectivity index (χ2n) is 5.65. The summed E-state index contributed by atoms with van der Waals surface area (Å²) in [6.07, 6.45) is 0.732. The van der Waals surface area contributed by atoms with E-state index in [1.54, 1.807) is 0 Å². The molecule has 1 aliphatic heterocycles. The van der Waals surface area contributed by atoms with Gasteiger partial charge in [-0.1, -0.05) is 42.5 Å². The Hall–Kier alpha value is -1.84. The van der Waals surface area contributed by atoms with E-state index >= 15 is 0 Å². The average Bonchev–Trinajstić information content (AvgIpc) is 2.87. The van der Waals surface area contributed by atoms with Gasteiger partial charge in [0.05, 0.1) is 0 Å². The molecule has 2 unspecified atom stereocenters. The summed E-state index contributed by atoms with van der Waals surface area (Å²) in [5, 5.41) is 14.1. The number of ether oxygens (including phenoxy) is 1. The van der Waals surface area contributed by atoms with E-state index in [0.717, 1.165) is 29.8 Å². The van der Waals surface area contributed by atoms with Crippen LogP contribution in [0.25, 0.3) is 0 Å². The molecule has 1 saturated heterocycles. The minimum atomic E-state index is -0.799. The maximum absolute atomic E-state index is 10.8. The van der Waals surface area contributed by atoms with Crippen molar-refractivity contribution in [2.45, 2.75) is 31.6 Å². The lowest BCUT2D eigenvalue weighted by Gasteiger charge is -2.28. The second-order valence-corrected chi connectivity index (χ2v) is 5.65. The molecule has 1 aliphatic rings. The van der Waals surface area contributed by atoms with E-state index in [-0.39, 0.29) is 6.04 Å². The van der Waals surface area contributed by atoms with Gasteiger partial charge >= 0.3 is 0 Å². The molecule has 21 heavy (non-hydrogen) atoms. The van der Waals surface area contributed by atoms with Gasteiger partial charge in [-0.3, -0.25) is 0 Å². The summed E-state index contributed by atoms with van der Waals surface area (Å²) in [6, 6.07) is 17.9. The number of aliphatic hydroxyl groups is 1. The Labute approximate surface area is 125 Å². The van der Waals surface area contributed by atoms with Gasteiger partial charge < -0.3 is 15.2 Å². The molecule has 1 heterocycles. The highest BCUT2D eigenvalue weighted by Crippen LogP contribution is 2.34. The minimum Gasteiger partial charge on any atom is -0.489 e. The molecule has 2 N–H and O–H groups in total. The first-order valence-electron chi connectivity index (χ1n) is 7.41. The van der Waals surface area contributed by atoms with Crippen LogP contribution in [0.3, 0.4) is 0 Å². The third kappa shape index (κ3) is 2.94. The molecule has 2 aromatic rings. The van der Waals surface area contributed by atoms with Crippen LogP contribution in [-0.2, 0) is 12.2 Å². The third-order valence-corrected chi connectivity index (χ3v) is 4.26. The van der Waals surface area contributed by atoms with Crippen LogP contribution in [0.2, 0.25) is 0 Å². The molecule has 0 bridgehead atoms. The molecule has 0 aromatic heterocycles. The van der Waals surface area contributed by atoms with Crippen LogP contribution >= 0.6 is 0 Å². The topological polar surface area (TPSA) is 41.5 Å². The van der Waals surface area contributed by atoms with Crippen molar-refractivity contribution in [3.05, 3.63) is 65.7 Å². The van der Waals surface area contributed by atoms with Crippen LogP contribution in [0, 0.1) is 0 Å². The number of nitrogens with one attached hydrogen (secondary N) is 1. The molecule has 2 atom stereocenters. The zero-order valence-electron chi connectivity index (χ0n) is 12.3. The van der Waals surface area contributed by atoms with Gasteiger partial charge in [-0.2, -0.15) is 0 Å². The van der Waals surface area contributed by atoms with Crippen LogP contribution in [0.15, 0.2) is 54.6 Å². The summed E-state index contributed by atoms with van der Waals surface area (Å²) < 4.78 is 5.84. The second kappa shape index (κ2) is 5.88. The van der Waals surface area contributed by atoms with Crippen molar-refractivity contribution in [3.63, 3.8) is 0 Å². The summed E-state index contributed by atoms with van der Waals surface area (Å²) in [7, 11) is 0. The molecule has 0 aliphatic carbocycles. The molecular weight excluding hydrogens is 262 g/mol. The van der Waals surface area contributed by atoms with Gasteiger partial charge in [-0.25, -0.2) is 0 Å². The molecule has 1 fully saturated rings. The van der Waals surface area contributed by atoms with Crippen molar-refractivity contribution in [1.29, 1.82) is 0 Å². The molecular formula is C18H21NO2. The lowest BCUT2D eigenvalue weighted by atomic mass is 9.87. The molecule has 0 saturated carbocycles. The molecule has 0 spiro atoms. The van der Waals surface area contributed by atoms with Gasteiger partial charge in [-0.05, 0) is 43.1 Å². The molecule has 3 rings (SSSR count). The largest absolute Gasteiger partial charge is 0.489 e. The third-order valence-electron chi connectivity index (χ3n) is 4.26. The van der Waals surface area contributed by atoms with Gasteiger partial charge in [-0.15, -0.1) is 0 Å². The highest BCUT2D eigenvalue weighted by Gasteiger charge is 2.39. The molecule has 110 valence electrons. The normalized spacial score (nSPS) is 25.0. The Morgan fingerprint density at radius 2 is 2.00 bits per heavy atom. The lowest BCUT2D eigenvalue weighted by Crippen LogP contribution is -2.37. The maximum atomic E-state index is 10.8. The smallest absolute Gasteiger partial charge is 0.120 e. The van der Waals surface area contributed by atoms with Crippen molar-refractivity contribution in [2.75, 3.05) is 6.54 Å². The van der Waals surface area contributed by atoms with Gasteiger partial charge in [0.25, 0.3) is 0 Å². The summed E-state index contributed by atoms with van der Waals surface area (Å²) >= 11 is 0. The lowest BCUT2D eigenvalue weighted by molar-refractivity contribution is 0.0290. The Balaban J connectivity index is 1.74.